The quantitative estimate of drug-likeness (QED) is 0.831. The van der Waals surface area contributed by atoms with Gasteiger partial charge in [-0.3, -0.25) is 4.79 Å². The highest BCUT2D eigenvalue weighted by atomic mass is 35.5. The van der Waals surface area contributed by atoms with Crippen LogP contribution in [0.3, 0.4) is 0 Å². The van der Waals surface area contributed by atoms with E-state index in [0.29, 0.717) is 17.6 Å². The summed E-state index contributed by atoms with van der Waals surface area (Å²) in [5, 5.41) is 6.75. The largest absolute Gasteiger partial charge is 0.325 e. The molecule has 0 aliphatic heterocycles. The molecule has 1 unspecified atom stereocenters. The topological polar surface area (TPSA) is 41.1 Å². The van der Waals surface area contributed by atoms with Crippen molar-refractivity contribution in [3.63, 3.8) is 0 Å². The molecule has 1 atom stereocenters. The van der Waals surface area contributed by atoms with Gasteiger partial charge in [0, 0.05) is 16.8 Å². The minimum atomic E-state index is -0.0139. The van der Waals surface area contributed by atoms with E-state index in [4.69, 9.17) is 11.6 Å². The molecule has 1 aliphatic carbocycles. The van der Waals surface area contributed by atoms with E-state index in [9.17, 15) is 4.79 Å². The van der Waals surface area contributed by atoms with Crippen molar-refractivity contribution in [3.8, 4) is 0 Å². The van der Waals surface area contributed by atoms with Crippen molar-refractivity contribution in [2.75, 3.05) is 11.9 Å². The monoisotopic (exact) mass is 266 g/mol. The number of rotatable bonds is 6. The van der Waals surface area contributed by atoms with Crippen LogP contribution in [0.5, 0.6) is 0 Å². The Hall–Kier alpha value is -1.06. The smallest absolute Gasteiger partial charge is 0.238 e. The molecule has 0 heterocycles. The molecule has 1 aliphatic rings. The van der Waals surface area contributed by atoms with Gasteiger partial charge in [-0.25, -0.2) is 0 Å². The number of anilines is 1. The van der Waals surface area contributed by atoms with Gasteiger partial charge in [0.05, 0.1) is 6.54 Å². The van der Waals surface area contributed by atoms with E-state index < -0.39 is 0 Å². The molecule has 18 heavy (non-hydrogen) atoms. The van der Waals surface area contributed by atoms with Crippen molar-refractivity contribution < 1.29 is 4.79 Å². The van der Waals surface area contributed by atoms with Gasteiger partial charge in [-0.15, -0.1) is 0 Å². The van der Waals surface area contributed by atoms with Crippen molar-refractivity contribution >= 4 is 23.2 Å². The molecule has 98 valence electrons. The first kappa shape index (κ1) is 13.4. The molecule has 1 fully saturated rings. The van der Waals surface area contributed by atoms with Crippen LogP contribution in [0.4, 0.5) is 5.69 Å². The minimum Gasteiger partial charge on any atom is -0.325 e. The maximum absolute atomic E-state index is 11.7. The Balaban J connectivity index is 1.69. The second kappa shape index (κ2) is 6.21. The maximum atomic E-state index is 11.7. The number of hydrogen-bond acceptors (Lipinski definition) is 2. The molecule has 0 radical (unpaired) electrons. The molecule has 1 aromatic rings. The highest BCUT2D eigenvalue weighted by Crippen LogP contribution is 2.33. The number of benzene rings is 1. The average Bonchev–Trinajstić information content (AvgIpc) is 3.13. The molecule has 0 spiro atoms. The fourth-order valence-corrected chi connectivity index (χ4v) is 2.07. The predicted octanol–water partition coefficient (Wildman–Crippen LogP) is 3.06. The van der Waals surface area contributed by atoms with Gasteiger partial charge in [0.25, 0.3) is 0 Å². The van der Waals surface area contributed by atoms with Crippen LogP contribution in [0, 0.1) is 5.92 Å². The van der Waals surface area contributed by atoms with Gasteiger partial charge in [0.2, 0.25) is 5.91 Å². The third-order valence-electron chi connectivity index (χ3n) is 3.12. The lowest BCUT2D eigenvalue weighted by Crippen LogP contribution is -2.34. The summed E-state index contributed by atoms with van der Waals surface area (Å²) in [7, 11) is 0. The molecule has 1 aromatic carbocycles. The van der Waals surface area contributed by atoms with E-state index in [-0.39, 0.29) is 5.91 Å². The van der Waals surface area contributed by atoms with E-state index >= 15 is 0 Å². The predicted molar refractivity (Wildman–Crippen MR) is 74.9 cm³/mol. The van der Waals surface area contributed by atoms with Crippen LogP contribution >= 0.6 is 11.6 Å². The summed E-state index contributed by atoms with van der Waals surface area (Å²) >= 11 is 5.78. The molecule has 0 aromatic heterocycles. The standard InChI is InChI=1S/C14H19ClN2O/c1-10(8-11-2-3-11)16-9-14(18)17-13-6-4-12(15)5-7-13/h4-7,10-11,16H,2-3,8-9H2,1H3,(H,17,18). The first-order chi connectivity index (χ1) is 8.63. The third-order valence-corrected chi connectivity index (χ3v) is 3.37. The van der Waals surface area contributed by atoms with Crippen LogP contribution < -0.4 is 10.6 Å². The van der Waals surface area contributed by atoms with Crippen molar-refractivity contribution in [1.29, 1.82) is 0 Å². The number of halogens is 1. The highest BCUT2D eigenvalue weighted by Gasteiger charge is 2.23. The SMILES string of the molecule is CC(CC1CC1)NCC(=O)Nc1ccc(Cl)cc1. The molecule has 3 nitrogen and oxygen atoms in total. The van der Waals surface area contributed by atoms with E-state index in [1.807, 2.05) is 0 Å². The molecule has 0 saturated heterocycles. The molecular weight excluding hydrogens is 248 g/mol. The van der Waals surface area contributed by atoms with E-state index in [0.717, 1.165) is 11.6 Å². The van der Waals surface area contributed by atoms with Crippen molar-refractivity contribution in [2.45, 2.75) is 32.2 Å². The molecule has 4 heteroatoms. The lowest BCUT2D eigenvalue weighted by Gasteiger charge is -2.13. The summed E-state index contributed by atoms with van der Waals surface area (Å²) in [6.07, 6.45) is 3.88. The Kier molecular flexibility index (Phi) is 4.61. The summed E-state index contributed by atoms with van der Waals surface area (Å²) in [5.41, 5.74) is 0.779. The number of amides is 1. The summed E-state index contributed by atoms with van der Waals surface area (Å²) in [5.74, 6) is 0.867. The summed E-state index contributed by atoms with van der Waals surface area (Å²) in [6, 6.07) is 7.54. The fraction of sp³-hybridized carbons (Fsp3) is 0.500. The van der Waals surface area contributed by atoms with Crippen LogP contribution in [0.1, 0.15) is 26.2 Å². The zero-order valence-corrected chi connectivity index (χ0v) is 11.3. The van der Waals surface area contributed by atoms with Gasteiger partial charge < -0.3 is 10.6 Å². The number of carbonyl (C=O) groups excluding carboxylic acids is 1. The molecule has 1 amide bonds. The minimum absolute atomic E-state index is 0.0139. The highest BCUT2D eigenvalue weighted by molar-refractivity contribution is 6.30. The first-order valence-electron chi connectivity index (χ1n) is 6.42. The van der Waals surface area contributed by atoms with Crippen LogP contribution in [0.25, 0.3) is 0 Å². The molecular formula is C14H19ClN2O. The number of carbonyl (C=O) groups is 1. The number of hydrogen-bond donors (Lipinski definition) is 2. The Morgan fingerprint density at radius 1 is 1.39 bits per heavy atom. The fourth-order valence-electron chi connectivity index (χ4n) is 1.94. The summed E-state index contributed by atoms with van der Waals surface area (Å²) < 4.78 is 0. The average molecular weight is 267 g/mol. The van der Waals surface area contributed by atoms with E-state index in [1.54, 1.807) is 24.3 Å². The molecule has 2 rings (SSSR count). The molecule has 0 bridgehead atoms. The maximum Gasteiger partial charge on any atom is 0.238 e. The first-order valence-corrected chi connectivity index (χ1v) is 6.80. The van der Waals surface area contributed by atoms with Gasteiger partial charge in [0.1, 0.15) is 0 Å². The van der Waals surface area contributed by atoms with Gasteiger partial charge in [0.15, 0.2) is 0 Å². The summed E-state index contributed by atoms with van der Waals surface area (Å²) in [4.78, 5) is 11.7. The van der Waals surface area contributed by atoms with Crippen LogP contribution in [0.2, 0.25) is 5.02 Å². The Labute approximate surface area is 113 Å². The molecule has 1 saturated carbocycles. The number of nitrogens with one attached hydrogen (secondary N) is 2. The third kappa shape index (κ3) is 4.67. The van der Waals surface area contributed by atoms with Crippen molar-refractivity contribution in [2.24, 2.45) is 5.92 Å². The zero-order valence-electron chi connectivity index (χ0n) is 10.6. The van der Waals surface area contributed by atoms with E-state index in [2.05, 4.69) is 17.6 Å². The van der Waals surface area contributed by atoms with E-state index in [1.165, 1.54) is 19.3 Å². The van der Waals surface area contributed by atoms with Gasteiger partial charge >= 0.3 is 0 Å². The second-order valence-electron chi connectivity index (χ2n) is 5.02. The van der Waals surface area contributed by atoms with Crippen molar-refractivity contribution in [1.82, 2.24) is 5.32 Å². The van der Waals surface area contributed by atoms with Crippen LogP contribution in [-0.2, 0) is 4.79 Å². The van der Waals surface area contributed by atoms with Crippen LogP contribution in [-0.4, -0.2) is 18.5 Å². The normalized spacial score (nSPS) is 16.3. The Morgan fingerprint density at radius 2 is 2.06 bits per heavy atom. The van der Waals surface area contributed by atoms with Gasteiger partial charge in [-0.1, -0.05) is 24.4 Å². The van der Waals surface area contributed by atoms with Crippen molar-refractivity contribution in [3.05, 3.63) is 29.3 Å². The summed E-state index contributed by atoms with van der Waals surface area (Å²) in [6.45, 7) is 2.49. The Bertz CT molecular complexity index is 401. The van der Waals surface area contributed by atoms with Crippen LogP contribution in [0.15, 0.2) is 24.3 Å². The second-order valence-corrected chi connectivity index (χ2v) is 5.45. The lowest BCUT2D eigenvalue weighted by atomic mass is 10.1. The zero-order chi connectivity index (χ0) is 13.0. The van der Waals surface area contributed by atoms with Gasteiger partial charge in [-0.2, -0.15) is 0 Å². The van der Waals surface area contributed by atoms with Gasteiger partial charge in [-0.05, 0) is 43.5 Å². The Morgan fingerprint density at radius 3 is 2.67 bits per heavy atom. The lowest BCUT2D eigenvalue weighted by molar-refractivity contribution is -0.115. The molecule has 2 N–H and O–H groups in total.